The number of nitro benzene ring substituents is 1. The van der Waals surface area contributed by atoms with Crippen molar-refractivity contribution in [2.75, 3.05) is 12.4 Å². The molecule has 10 nitrogen and oxygen atoms in total. The van der Waals surface area contributed by atoms with Crippen LogP contribution in [-0.2, 0) is 18.1 Å². The maximum Gasteiger partial charge on any atom is 0.310 e. The molecule has 0 atom stereocenters. The molecule has 0 bridgehead atoms. The number of rotatable bonds is 8. The smallest absolute Gasteiger partial charge is 0.310 e. The Morgan fingerprint density at radius 1 is 1.33 bits per heavy atom. The molecule has 0 unspecified atom stereocenters. The van der Waals surface area contributed by atoms with Crippen LogP contribution in [0.2, 0.25) is 0 Å². The quantitative estimate of drug-likeness (QED) is 0.476. The van der Waals surface area contributed by atoms with E-state index in [1.165, 1.54) is 36.2 Å². The number of furan rings is 1. The highest BCUT2D eigenvalue weighted by atomic mass is 16.6. The zero-order valence-corrected chi connectivity index (χ0v) is 14.3. The lowest BCUT2D eigenvalue weighted by atomic mass is 10.3. The van der Waals surface area contributed by atoms with Crippen molar-refractivity contribution in [3.05, 3.63) is 70.4 Å². The lowest BCUT2D eigenvalue weighted by Gasteiger charge is -2.04. The fourth-order valence-corrected chi connectivity index (χ4v) is 2.28. The van der Waals surface area contributed by atoms with Crippen molar-refractivity contribution >= 4 is 17.3 Å². The average Bonchev–Trinajstić information content (AvgIpc) is 3.30. The zero-order valence-electron chi connectivity index (χ0n) is 14.3. The molecule has 0 aliphatic heterocycles. The van der Waals surface area contributed by atoms with E-state index in [0.29, 0.717) is 11.4 Å². The van der Waals surface area contributed by atoms with Gasteiger partial charge >= 0.3 is 5.69 Å². The van der Waals surface area contributed by atoms with Gasteiger partial charge in [0.2, 0.25) is 0 Å². The molecule has 10 heteroatoms. The minimum atomic E-state index is -0.528. The van der Waals surface area contributed by atoms with Crippen LogP contribution in [0.4, 0.5) is 11.4 Å². The first kappa shape index (κ1) is 18.1. The second-order valence-corrected chi connectivity index (χ2v) is 5.42. The van der Waals surface area contributed by atoms with Crippen LogP contribution in [0, 0.1) is 10.1 Å². The molecule has 2 aromatic heterocycles. The average molecular weight is 372 g/mol. The molecule has 0 aliphatic rings. The van der Waals surface area contributed by atoms with Gasteiger partial charge in [0.05, 0.1) is 23.0 Å². The third kappa shape index (κ3) is 4.50. The van der Waals surface area contributed by atoms with E-state index in [1.54, 1.807) is 24.4 Å². The second kappa shape index (κ2) is 8.15. The topological polar surface area (TPSA) is 122 Å². The van der Waals surface area contributed by atoms with Gasteiger partial charge in [0.25, 0.3) is 5.91 Å². The number of aromatic nitrogens is 2. The van der Waals surface area contributed by atoms with E-state index in [1.807, 2.05) is 0 Å². The Morgan fingerprint density at radius 3 is 2.93 bits per heavy atom. The summed E-state index contributed by atoms with van der Waals surface area (Å²) >= 11 is 0. The molecule has 0 saturated heterocycles. The minimum Gasteiger partial charge on any atom is -0.479 e. The van der Waals surface area contributed by atoms with Crippen LogP contribution in [0.5, 0.6) is 5.75 Å². The summed E-state index contributed by atoms with van der Waals surface area (Å²) < 4.78 is 17.3. The summed E-state index contributed by atoms with van der Waals surface area (Å²) in [6.45, 7) is 0.216. The number of nitrogens with zero attached hydrogens (tertiary/aromatic N) is 3. The summed E-state index contributed by atoms with van der Waals surface area (Å²) in [5, 5.41) is 17.6. The Morgan fingerprint density at radius 2 is 2.15 bits per heavy atom. The zero-order chi connectivity index (χ0) is 19.2. The van der Waals surface area contributed by atoms with Crippen LogP contribution < -0.4 is 10.1 Å². The number of carbonyl (C=O) groups is 1. The summed E-state index contributed by atoms with van der Waals surface area (Å²) in [4.78, 5) is 22.7. The SMILES string of the molecule is COCn1cc(NC(=O)c2ccc(COc3ccccc3[N+](=O)[O-])o2)cn1. The molecule has 1 aromatic carbocycles. The summed E-state index contributed by atoms with van der Waals surface area (Å²) in [6, 6.07) is 9.08. The van der Waals surface area contributed by atoms with E-state index in [-0.39, 0.29) is 30.5 Å². The molecule has 27 heavy (non-hydrogen) atoms. The number of ether oxygens (including phenoxy) is 2. The molecule has 0 spiro atoms. The molecule has 0 saturated carbocycles. The number of hydrogen-bond acceptors (Lipinski definition) is 7. The Bertz CT molecular complexity index is 948. The monoisotopic (exact) mass is 372 g/mol. The first-order chi connectivity index (χ1) is 13.1. The van der Waals surface area contributed by atoms with Gasteiger partial charge < -0.3 is 19.2 Å². The molecular weight excluding hydrogens is 356 g/mol. The third-order valence-corrected chi connectivity index (χ3v) is 3.47. The number of nitro groups is 1. The Labute approximate surface area is 153 Å². The summed E-state index contributed by atoms with van der Waals surface area (Å²) in [5.74, 6) is 0.100. The highest BCUT2D eigenvalue weighted by Gasteiger charge is 2.16. The lowest BCUT2D eigenvalue weighted by Crippen LogP contribution is -2.10. The van der Waals surface area contributed by atoms with E-state index >= 15 is 0 Å². The number of methoxy groups -OCH3 is 1. The van der Waals surface area contributed by atoms with Gasteiger partial charge in [0.1, 0.15) is 19.1 Å². The molecular formula is C17H16N4O6. The van der Waals surface area contributed by atoms with Crippen molar-refractivity contribution in [3.63, 3.8) is 0 Å². The van der Waals surface area contributed by atoms with Crippen molar-refractivity contribution in [1.29, 1.82) is 0 Å². The minimum absolute atomic E-state index is 0.0517. The van der Waals surface area contributed by atoms with E-state index in [4.69, 9.17) is 13.9 Å². The number of nitrogens with one attached hydrogen (secondary N) is 1. The molecule has 0 radical (unpaired) electrons. The van der Waals surface area contributed by atoms with Crippen molar-refractivity contribution in [1.82, 2.24) is 9.78 Å². The normalized spacial score (nSPS) is 10.6. The molecule has 2 heterocycles. The fourth-order valence-electron chi connectivity index (χ4n) is 2.28. The van der Waals surface area contributed by atoms with Crippen molar-refractivity contribution in [2.45, 2.75) is 13.3 Å². The molecule has 140 valence electrons. The number of para-hydroxylation sites is 2. The Kier molecular flexibility index (Phi) is 5.47. The Hall–Kier alpha value is -3.66. The van der Waals surface area contributed by atoms with Gasteiger partial charge in [-0.3, -0.25) is 14.9 Å². The van der Waals surface area contributed by atoms with Gasteiger partial charge in [0, 0.05) is 13.2 Å². The van der Waals surface area contributed by atoms with Gasteiger partial charge in [-0.15, -0.1) is 0 Å². The fraction of sp³-hybridized carbons (Fsp3) is 0.176. The van der Waals surface area contributed by atoms with Gasteiger partial charge in [0.15, 0.2) is 11.5 Å². The first-order valence-corrected chi connectivity index (χ1v) is 7.84. The molecule has 0 fully saturated rings. The summed E-state index contributed by atoms with van der Waals surface area (Å²) in [6.07, 6.45) is 3.10. The van der Waals surface area contributed by atoms with Crippen LogP contribution in [0.1, 0.15) is 16.3 Å². The van der Waals surface area contributed by atoms with Gasteiger partial charge in [-0.25, -0.2) is 4.68 Å². The number of carbonyl (C=O) groups excluding carboxylic acids is 1. The molecule has 1 amide bonds. The maximum atomic E-state index is 12.2. The number of amides is 1. The Balaban J connectivity index is 1.61. The third-order valence-electron chi connectivity index (χ3n) is 3.47. The standard InChI is InChI=1S/C17H16N4O6/c1-25-11-20-9-12(8-18-20)19-17(22)16-7-6-13(27-16)10-26-15-5-3-2-4-14(15)21(23)24/h2-9H,10-11H2,1H3,(H,19,22). The van der Waals surface area contributed by atoms with E-state index in [9.17, 15) is 14.9 Å². The predicted molar refractivity (Wildman–Crippen MR) is 93.3 cm³/mol. The summed E-state index contributed by atoms with van der Waals surface area (Å²) in [5.41, 5.74) is 0.348. The van der Waals surface area contributed by atoms with Gasteiger partial charge in [-0.1, -0.05) is 12.1 Å². The molecule has 1 N–H and O–H groups in total. The van der Waals surface area contributed by atoms with E-state index < -0.39 is 10.8 Å². The lowest BCUT2D eigenvalue weighted by molar-refractivity contribution is -0.386. The highest BCUT2D eigenvalue weighted by Crippen LogP contribution is 2.26. The van der Waals surface area contributed by atoms with Crippen LogP contribution in [0.3, 0.4) is 0 Å². The largest absolute Gasteiger partial charge is 0.479 e. The van der Waals surface area contributed by atoms with Crippen LogP contribution >= 0.6 is 0 Å². The van der Waals surface area contributed by atoms with E-state index in [2.05, 4.69) is 10.4 Å². The van der Waals surface area contributed by atoms with Gasteiger partial charge in [-0.05, 0) is 18.2 Å². The molecule has 3 rings (SSSR count). The van der Waals surface area contributed by atoms with Crippen molar-refractivity contribution in [2.24, 2.45) is 0 Å². The van der Waals surface area contributed by atoms with Gasteiger partial charge in [-0.2, -0.15) is 5.10 Å². The highest BCUT2D eigenvalue weighted by molar-refractivity contribution is 6.02. The number of hydrogen-bond donors (Lipinski definition) is 1. The van der Waals surface area contributed by atoms with Crippen molar-refractivity contribution in [3.8, 4) is 5.75 Å². The van der Waals surface area contributed by atoms with Crippen LogP contribution in [0.25, 0.3) is 0 Å². The molecule has 3 aromatic rings. The number of benzene rings is 1. The first-order valence-electron chi connectivity index (χ1n) is 7.84. The molecule has 0 aliphatic carbocycles. The van der Waals surface area contributed by atoms with Crippen LogP contribution in [-0.4, -0.2) is 27.7 Å². The number of anilines is 1. The maximum absolute atomic E-state index is 12.2. The summed E-state index contributed by atoms with van der Waals surface area (Å²) in [7, 11) is 1.54. The van der Waals surface area contributed by atoms with Crippen molar-refractivity contribution < 1.29 is 23.6 Å². The predicted octanol–water partition coefficient (Wildman–Crippen LogP) is 2.82. The van der Waals surface area contributed by atoms with E-state index in [0.717, 1.165) is 0 Å². The second-order valence-electron chi connectivity index (χ2n) is 5.42. The van der Waals surface area contributed by atoms with Crippen LogP contribution in [0.15, 0.2) is 53.2 Å².